The van der Waals surface area contributed by atoms with E-state index in [1.54, 1.807) is 0 Å². The van der Waals surface area contributed by atoms with Gasteiger partial charge in [-0.05, 0) is 33.7 Å². The monoisotopic (exact) mass is 186 g/mol. The summed E-state index contributed by atoms with van der Waals surface area (Å²) in [4.78, 5) is 2.32. The topological polar surface area (TPSA) is 38.5 Å². The fourth-order valence-electron chi connectivity index (χ4n) is 1.62. The second-order valence-corrected chi connectivity index (χ2v) is 4.23. The molecular weight excluding hydrogens is 164 g/mol. The third-order valence-electron chi connectivity index (χ3n) is 2.83. The molecule has 1 rings (SSSR count). The lowest BCUT2D eigenvalue weighted by Crippen LogP contribution is -2.34. The molecule has 3 nitrogen and oxygen atoms in total. The van der Waals surface area contributed by atoms with Crippen LogP contribution in [-0.2, 0) is 4.74 Å². The first-order valence-corrected chi connectivity index (χ1v) is 5.19. The number of ether oxygens (including phenoxy) is 1. The van der Waals surface area contributed by atoms with E-state index >= 15 is 0 Å². The number of rotatable bonds is 4. The van der Waals surface area contributed by atoms with Crippen molar-refractivity contribution in [2.24, 2.45) is 5.73 Å². The molecule has 2 atom stereocenters. The molecule has 0 radical (unpaired) electrons. The lowest BCUT2D eigenvalue weighted by atomic mass is 10.2. The molecule has 0 saturated carbocycles. The van der Waals surface area contributed by atoms with Gasteiger partial charge in [-0.25, -0.2) is 0 Å². The molecule has 0 aromatic carbocycles. The molecule has 1 aliphatic heterocycles. The van der Waals surface area contributed by atoms with Crippen molar-refractivity contribution < 1.29 is 4.74 Å². The highest BCUT2D eigenvalue weighted by Gasteiger charge is 2.25. The number of hydrogen-bond donors (Lipinski definition) is 1. The van der Waals surface area contributed by atoms with E-state index in [4.69, 9.17) is 10.5 Å². The SMILES string of the molecule is CC(C)N(C)C[C@@H]1CC[C@H](CN)O1. The Balaban J connectivity index is 2.23. The van der Waals surface area contributed by atoms with Crippen molar-refractivity contribution in [3.05, 3.63) is 0 Å². The van der Waals surface area contributed by atoms with Crippen molar-refractivity contribution in [3.8, 4) is 0 Å². The Morgan fingerprint density at radius 2 is 2.00 bits per heavy atom. The van der Waals surface area contributed by atoms with Crippen LogP contribution in [0.1, 0.15) is 26.7 Å². The van der Waals surface area contributed by atoms with Crippen molar-refractivity contribution in [1.82, 2.24) is 4.90 Å². The van der Waals surface area contributed by atoms with Crippen molar-refractivity contribution in [2.75, 3.05) is 20.1 Å². The molecule has 0 bridgehead atoms. The molecule has 78 valence electrons. The highest BCUT2D eigenvalue weighted by molar-refractivity contribution is 4.76. The molecule has 1 fully saturated rings. The molecule has 0 aromatic heterocycles. The zero-order valence-electron chi connectivity index (χ0n) is 8.99. The van der Waals surface area contributed by atoms with Gasteiger partial charge in [0, 0.05) is 19.1 Å². The molecule has 0 spiro atoms. The molecule has 0 amide bonds. The third kappa shape index (κ3) is 3.25. The maximum Gasteiger partial charge on any atom is 0.0707 e. The normalized spacial score (nSPS) is 29.1. The van der Waals surface area contributed by atoms with Gasteiger partial charge in [-0.1, -0.05) is 0 Å². The largest absolute Gasteiger partial charge is 0.372 e. The molecule has 1 heterocycles. The summed E-state index contributed by atoms with van der Waals surface area (Å²) in [6, 6.07) is 0.598. The predicted octanol–water partition coefficient (Wildman–Crippen LogP) is 0.833. The summed E-state index contributed by atoms with van der Waals surface area (Å²) in [6.45, 7) is 6.11. The lowest BCUT2D eigenvalue weighted by Gasteiger charge is -2.24. The summed E-state index contributed by atoms with van der Waals surface area (Å²) >= 11 is 0. The molecule has 2 N–H and O–H groups in total. The van der Waals surface area contributed by atoms with Crippen LogP contribution in [0.15, 0.2) is 0 Å². The average molecular weight is 186 g/mol. The van der Waals surface area contributed by atoms with Crippen molar-refractivity contribution in [1.29, 1.82) is 0 Å². The van der Waals surface area contributed by atoms with E-state index in [2.05, 4.69) is 25.8 Å². The molecule has 13 heavy (non-hydrogen) atoms. The lowest BCUT2D eigenvalue weighted by molar-refractivity contribution is 0.0268. The number of nitrogens with two attached hydrogens (primary N) is 1. The molecule has 1 aliphatic rings. The summed E-state index contributed by atoms with van der Waals surface area (Å²) in [7, 11) is 2.14. The quantitative estimate of drug-likeness (QED) is 0.707. The second-order valence-electron chi connectivity index (χ2n) is 4.23. The number of nitrogens with zero attached hydrogens (tertiary/aromatic N) is 1. The molecule has 3 heteroatoms. The van der Waals surface area contributed by atoms with E-state index in [-0.39, 0.29) is 0 Å². The molecule has 1 saturated heterocycles. The van der Waals surface area contributed by atoms with Gasteiger partial charge >= 0.3 is 0 Å². The Morgan fingerprint density at radius 3 is 2.46 bits per heavy atom. The van der Waals surface area contributed by atoms with Crippen molar-refractivity contribution in [3.63, 3.8) is 0 Å². The summed E-state index contributed by atoms with van der Waals surface area (Å²) in [6.07, 6.45) is 3.01. The van der Waals surface area contributed by atoms with E-state index in [1.165, 1.54) is 6.42 Å². The molecule has 0 aromatic rings. The smallest absolute Gasteiger partial charge is 0.0707 e. The summed E-state index contributed by atoms with van der Waals surface area (Å²) < 4.78 is 5.76. The van der Waals surface area contributed by atoms with Crippen LogP contribution in [0.25, 0.3) is 0 Å². The van der Waals surface area contributed by atoms with Crippen LogP contribution in [0.4, 0.5) is 0 Å². The summed E-state index contributed by atoms with van der Waals surface area (Å²) in [5.74, 6) is 0. The second kappa shape index (κ2) is 4.94. The average Bonchev–Trinajstić information content (AvgIpc) is 2.52. The van der Waals surface area contributed by atoms with Gasteiger partial charge in [0.1, 0.15) is 0 Å². The maximum atomic E-state index is 5.76. The minimum Gasteiger partial charge on any atom is -0.372 e. The van der Waals surface area contributed by atoms with Gasteiger partial charge in [-0.2, -0.15) is 0 Å². The summed E-state index contributed by atoms with van der Waals surface area (Å²) in [5, 5.41) is 0. The van der Waals surface area contributed by atoms with Crippen LogP contribution in [-0.4, -0.2) is 43.3 Å². The van der Waals surface area contributed by atoms with Crippen LogP contribution in [0.2, 0.25) is 0 Å². The fraction of sp³-hybridized carbons (Fsp3) is 1.00. The highest BCUT2D eigenvalue weighted by atomic mass is 16.5. The van der Waals surface area contributed by atoms with E-state index in [0.29, 0.717) is 24.8 Å². The van der Waals surface area contributed by atoms with Gasteiger partial charge < -0.3 is 15.4 Å². The zero-order chi connectivity index (χ0) is 9.84. The Bertz CT molecular complexity index is 150. The van der Waals surface area contributed by atoms with E-state index in [9.17, 15) is 0 Å². The Kier molecular flexibility index (Phi) is 4.16. The maximum absolute atomic E-state index is 5.76. The molecule has 0 unspecified atom stereocenters. The van der Waals surface area contributed by atoms with Gasteiger partial charge in [0.05, 0.1) is 12.2 Å². The highest BCUT2D eigenvalue weighted by Crippen LogP contribution is 2.19. The Hall–Kier alpha value is -0.120. The van der Waals surface area contributed by atoms with Gasteiger partial charge in [0.25, 0.3) is 0 Å². The minimum atomic E-state index is 0.311. The molecular formula is C10H22N2O. The van der Waals surface area contributed by atoms with Crippen LogP contribution in [0.5, 0.6) is 0 Å². The van der Waals surface area contributed by atoms with Crippen molar-refractivity contribution >= 4 is 0 Å². The first-order chi connectivity index (χ1) is 6.13. The van der Waals surface area contributed by atoms with Crippen LogP contribution in [0, 0.1) is 0 Å². The summed E-state index contributed by atoms with van der Waals surface area (Å²) in [5.41, 5.74) is 5.55. The van der Waals surface area contributed by atoms with E-state index in [1.807, 2.05) is 0 Å². The number of likely N-dealkylation sites (N-methyl/N-ethyl adjacent to an activating group) is 1. The van der Waals surface area contributed by atoms with Crippen LogP contribution >= 0.6 is 0 Å². The van der Waals surface area contributed by atoms with Crippen LogP contribution < -0.4 is 5.73 Å². The van der Waals surface area contributed by atoms with E-state index < -0.39 is 0 Å². The Morgan fingerprint density at radius 1 is 1.38 bits per heavy atom. The minimum absolute atomic E-state index is 0.311. The van der Waals surface area contributed by atoms with Crippen molar-refractivity contribution in [2.45, 2.75) is 44.9 Å². The predicted molar refractivity (Wildman–Crippen MR) is 54.7 cm³/mol. The third-order valence-corrected chi connectivity index (χ3v) is 2.83. The van der Waals surface area contributed by atoms with Crippen LogP contribution in [0.3, 0.4) is 0 Å². The zero-order valence-corrected chi connectivity index (χ0v) is 8.99. The van der Waals surface area contributed by atoms with Gasteiger partial charge in [-0.15, -0.1) is 0 Å². The molecule has 0 aliphatic carbocycles. The number of hydrogen-bond acceptors (Lipinski definition) is 3. The first-order valence-electron chi connectivity index (χ1n) is 5.19. The van der Waals surface area contributed by atoms with E-state index in [0.717, 1.165) is 13.0 Å². The first kappa shape index (κ1) is 11.0. The van der Waals surface area contributed by atoms with Gasteiger partial charge in [-0.3, -0.25) is 0 Å². The standard InChI is InChI=1S/C10H22N2O/c1-8(2)12(3)7-10-5-4-9(6-11)13-10/h8-10H,4-7,11H2,1-3H3/t9-,10+/m1/s1. The fourth-order valence-corrected chi connectivity index (χ4v) is 1.62. The Labute approximate surface area is 81.2 Å². The van der Waals surface area contributed by atoms with Gasteiger partial charge in [0.2, 0.25) is 0 Å². The van der Waals surface area contributed by atoms with Gasteiger partial charge in [0.15, 0.2) is 0 Å².